The van der Waals surface area contributed by atoms with Crippen molar-refractivity contribution >= 4 is 33.5 Å². The van der Waals surface area contributed by atoms with E-state index in [1.807, 2.05) is 18.2 Å². The minimum absolute atomic E-state index is 0.297. The van der Waals surface area contributed by atoms with Crippen molar-refractivity contribution in [2.24, 2.45) is 0 Å². The summed E-state index contributed by atoms with van der Waals surface area (Å²) in [5.41, 5.74) is 0. The highest BCUT2D eigenvalue weighted by Gasteiger charge is 2.09. The highest BCUT2D eigenvalue weighted by molar-refractivity contribution is 9.10. The largest absolute Gasteiger partial charge is 0.370 e. The van der Waals surface area contributed by atoms with Crippen molar-refractivity contribution in [3.05, 3.63) is 34.7 Å². The molecule has 4 nitrogen and oxygen atoms in total. The lowest BCUT2D eigenvalue weighted by molar-refractivity contribution is 0.754. The Morgan fingerprint density at radius 1 is 1.25 bits per heavy atom. The standard InChI is InChI=1S/C14H17BrN4S/c1-4-16-11-7-13(19-14(18-11)9(2)3)20-12-6-5-10(15)8-17-12/h5-9H,4H2,1-3H3,(H,16,18,19). The molecule has 6 heteroatoms. The van der Waals surface area contributed by atoms with E-state index in [9.17, 15) is 0 Å². The molecule has 0 aliphatic heterocycles. The first-order valence-electron chi connectivity index (χ1n) is 6.50. The summed E-state index contributed by atoms with van der Waals surface area (Å²) in [5, 5.41) is 5.08. The Morgan fingerprint density at radius 3 is 2.65 bits per heavy atom. The summed E-state index contributed by atoms with van der Waals surface area (Å²) in [7, 11) is 0. The van der Waals surface area contributed by atoms with Gasteiger partial charge in [0.2, 0.25) is 0 Å². The van der Waals surface area contributed by atoms with Crippen LogP contribution in [0, 0.1) is 0 Å². The zero-order valence-electron chi connectivity index (χ0n) is 11.7. The van der Waals surface area contributed by atoms with Crippen molar-refractivity contribution in [1.82, 2.24) is 15.0 Å². The van der Waals surface area contributed by atoms with E-state index in [0.717, 1.165) is 32.7 Å². The highest BCUT2D eigenvalue weighted by Crippen LogP contribution is 2.27. The Balaban J connectivity index is 2.27. The summed E-state index contributed by atoms with van der Waals surface area (Å²) in [6.07, 6.45) is 1.79. The molecular weight excluding hydrogens is 336 g/mol. The third-order valence-corrected chi connectivity index (χ3v) is 3.84. The number of anilines is 1. The minimum Gasteiger partial charge on any atom is -0.370 e. The van der Waals surface area contributed by atoms with Gasteiger partial charge >= 0.3 is 0 Å². The molecule has 106 valence electrons. The smallest absolute Gasteiger partial charge is 0.134 e. The lowest BCUT2D eigenvalue weighted by Gasteiger charge is -2.10. The summed E-state index contributed by atoms with van der Waals surface area (Å²) in [5.74, 6) is 2.01. The van der Waals surface area contributed by atoms with E-state index in [0.29, 0.717) is 5.92 Å². The predicted octanol–water partition coefficient (Wildman–Crippen LogP) is 4.34. The van der Waals surface area contributed by atoms with Crippen LogP contribution in [0.5, 0.6) is 0 Å². The van der Waals surface area contributed by atoms with Gasteiger partial charge in [0.1, 0.15) is 21.7 Å². The minimum atomic E-state index is 0.297. The summed E-state index contributed by atoms with van der Waals surface area (Å²) in [4.78, 5) is 13.5. The Kier molecular flexibility index (Phi) is 5.37. The second kappa shape index (κ2) is 7.04. The number of rotatable bonds is 5. The van der Waals surface area contributed by atoms with Crippen LogP contribution in [0.4, 0.5) is 5.82 Å². The third kappa shape index (κ3) is 4.18. The monoisotopic (exact) mass is 352 g/mol. The molecule has 0 saturated carbocycles. The summed E-state index contributed by atoms with van der Waals surface area (Å²) >= 11 is 4.93. The van der Waals surface area contributed by atoms with Crippen molar-refractivity contribution in [2.75, 3.05) is 11.9 Å². The number of nitrogens with zero attached hydrogens (tertiary/aromatic N) is 3. The quantitative estimate of drug-likeness (QED) is 0.811. The second-order valence-corrected chi connectivity index (χ2v) is 6.51. The molecule has 1 N–H and O–H groups in total. The predicted molar refractivity (Wildman–Crippen MR) is 86.3 cm³/mol. The number of pyridine rings is 1. The Hall–Kier alpha value is -1.14. The van der Waals surface area contributed by atoms with Crippen LogP contribution in [0.3, 0.4) is 0 Å². The van der Waals surface area contributed by atoms with Gasteiger partial charge in [-0.2, -0.15) is 0 Å². The van der Waals surface area contributed by atoms with Crippen molar-refractivity contribution < 1.29 is 0 Å². The molecule has 0 spiro atoms. The number of halogens is 1. The number of hydrogen-bond acceptors (Lipinski definition) is 5. The van der Waals surface area contributed by atoms with Crippen LogP contribution in [-0.2, 0) is 0 Å². The molecule has 2 heterocycles. The van der Waals surface area contributed by atoms with Gasteiger partial charge in [0.25, 0.3) is 0 Å². The number of aromatic nitrogens is 3. The van der Waals surface area contributed by atoms with E-state index in [4.69, 9.17) is 0 Å². The molecule has 0 unspecified atom stereocenters. The highest BCUT2D eigenvalue weighted by atomic mass is 79.9. The average Bonchev–Trinajstić information content (AvgIpc) is 2.41. The number of hydrogen-bond donors (Lipinski definition) is 1. The van der Waals surface area contributed by atoms with Crippen molar-refractivity contribution in [1.29, 1.82) is 0 Å². The Labute approximate surface area is 132 Å². The van der Waals surface area contributed by atoms with Gasteiger partial charge in [-0.15, -0.1) is 0 Å². The van der Waals surface area contributed by atoms with Crippen LogP contribution in [-0.4, -0.2) is 21.5 Å². The van der Waals surface area contributed by atoms with E-state index >= 15 is 0 Å². The molecule has 0 radical (unpaired) electrons. The fourth-order valence-electron chi connectivity index (χ4n) is 1.55. The fraction of sp³-hybridized carbons (Fsp3) is 0.357. The van der Waals surface area contributed by atoms with Gasteiger partial charge < -0.3 is 5.32 Å². The van der Waals surface area contributed by atoms with Crippen LogP contribution in [0.15, 0.2) is 38.9 Å². The SMILES string of the molecule is CCNc1cc(Sc2ccc(Br)cn2)nc(C(C)C)n1. The molecule has 0 aliphatic rings. The molecule has 2 rings (SSSR count). The Bertz CT molecular complexity index is 572. The average molecular weight is 353 g/mol. The van der Waals surface area contributed by atoms with Crippen LogP contribution < -0.4 is 5.32 Å². The van der Waals surface area contributed by atoms with Crippen LogP contribution in [0.25, 0.3) is 0 Å². The first-order chi connectivity index (χ1) is 9.58. The van der Waals surface area contributed by atoms with Crippen LogP contribution in [0.1, 0.15) is 32.5 Å². The van der Waals surface area contributed by atoms with E-state index in [2.05, 4.69) is 57.0 Å². The van der Waals surface area contributed by atoms with Crippen LogP contribution in [0.2, 0.25) is 0 Å². The molecular formula is C14H17BrN4S. The molecule has 20 heavy (non-hydrogen) atoms. The summed E-state index contributed by atoms with van der Waals surface area (Å²) < 4.78 is 0.973. The molecule has 0 atom stereocenters. The molecule has 0 saturated heterocycles. The van der Waals surface area contributed by atoms with Gasteiger partial charge in [-0.3, -0.25) is 0 Å². The van der Waals surface area contributed by atoms with Gasteiger partial charge in [0.15, 0.2) is 0 Å². The van der Waals surface area contributed by atoms with E-state index in [-0.39, 0.29) is 0 Å². The van der Waals surface area contributed by atoms with Crippen molar-refractivity contribution in [3.8, 4) is 0 Å². The van der Waals surface area contributed by atoms with Gasteiger partial charge in [0.05, 0.1) is 0 Å². The normalized spacial score (nSPS) is 10.8. The maximum absolute atomic E-state index is 4.59. The van der Waals surface area contributed by atoms with Crippen molar-refractivity contribution in [2.45, 2.75) is 36.7 Å². The molecule has 2 aromatic rings. The van der Waals surface area contributed by atoms with Gasteiger partial charge in [-0.25, -0.2) is 15.0 Å². The Morgan fingerprint density at radius 2 is 2.05 bits per heavy atom. The summed E-state index contributed by atoms with van der Waals surface area (Å²) in [6, 6.07) is 5.91. The summed E-state index contributed by atoms with van der Waals surface area (Å²) in [6.45, 7) is 7.09. The molecule has 2 aromatic heterocycles. The first-order valence-corrected chi connectivity index (χ1v) is 8.11. The van der Waals surface area contributed by atoms with Gasteiger partial charge in [-0.05, 0) is 46.7 Å². The van der Waals surface area contributed by atoms with Crippen LogP contribution >= 0.6 is 27.7 Å². The zero-order valence-corrected chi connectivity index (χ0v) is 14.1. The molecule has 0 amide bonds. The molecule has 0 bridgehead atoms. The second-order valence-electron chi connectivity index (χ2n) is 4.55. The van der Waals surface area contributed by atoms with Gasteiger partial charge in [-0.1, -0.05) is 13.8 Å². The van der Waals surface area contributed by atoms with E-state index in [1.54, 1.807) is 18.0 Å². The van der Waals surface area contributed by atoms with E-state index in [1.165, 1.54) is 0 Å². The lowest BCUT2D eigenvalue weighted by Crippen LogP contribution is -2.05. The zero-order chi connectivity index (χ0) is 14.5. The molecule has 0 aromatic carbocycles. The maximum atomic E-state index is 4.59. The number of nitrogens with one attached hydrogen (secondary N) is 1. The molecule has 0 aliphatic carbocycles. The first kappa shape index (κ1) is 15.3. The van der Waals surface area contributed by atoms with Crippen molar-refractivity contribution in [3.63, 3.8) is 0 Å². The molecule has 0 fully saturated rings. The lowest BCUT2D eigenvalue weighted by atomic mass is 10.2. The maximum Gasteiger partial charge on any atom is 0.134 e. The third-order valence-electron chi connectivity index (χ3n) is 2.50. The van der Waals surface area contributed by atoms with E-state index < -0.39 is 0 Å². The topological polar surface area (TPSA) is 50.7 Å². The fourth-order valence-corrected chi connectivity index (χ4v) is 2.55. The van der Waals surface area contributed by atoms with Gasteiger partial charge in [0, 0.05) is 29.2 Å².